The Kier molecular flexibility index (Phi) is 6.68. The van der Waals surface area contributed by atoms with Crippen molar-refractivity contribution in [2.75, 3.05) is 17.7 Å². The Morgan fingerprint density at radius 3 is 2.13 bits per heavy atom. The summed E-state index contributed by atoms with van der Waals surface area (Å²) in [6.07, 6.45) is 0. The molecule has 0 amide bonds. The van der Waals surface area contributed by atoms with Gasteiger partial charge in [-0.25, -0.2) is 9.97 Å². The number of ether oxygens (including phenoxy) is 1. The molecule has 10 heteroatoms. The van der Waals surface area contributed by atoms with E-state index >= 15 is 0 Å². The van der Waals surface area contributed by atoms with E-state index in [0.29, 0.717) is 11.4 Å². The second kappa shape index (κ2) is 9.23. The van der Waals surface area contributed by atoms with Crippen LogP contribution in [0, 0.1) is 13.8 Å². The van der Waals surface area contributed by atoms with E-state index in [2.05, 4.69) is 40.9 Å². The summed E-state index contributed by atoms with van der Waals surface area (Å²) in [5.41, 5.74) is 2.09. The minimum atomic E-state index is -3.99. The van der Waals surface area contributed by atoms with Crippen LogP contribution in [-0.2, 0) is 10.0 Å². The fraction of sp³-hybridized carbons (Fsp3) is 0.150. The van der Waals surface area contributed by atoms with Crippen molar-refractivity contribution in [3.63, 3.8) is 0 Å². The van der Waals surface area contributed by atoms with E-state index in [1.54, 1.807) is 43.5 Å². The third-order valence-electron chi connectivity index (χ3n) is 3.89. The normalized spacial score (nSPS) is 11.8. The second-order valence-electron chi connectivity index (χ2n) is 6.32. The lowest BCUT2D eigenvalue weighted by atomic mass is 10.3. The van der Waals surface area contributed by atoms with Crippen LogP contribution < -0.4 is 15.4 Å². The van der Waals surface area contributed by atoms with Crippen LogP contribution in [0.25, 0.3) is 0 Å². The first kappa shape index (κ1) is 21.7. The molecule has 0 aliphatic heterocycles. The molecule has 2 aromatic carbocycles. The van der Waals surface area contributed by atoms with Crippen LogP contribution in [-0.4, -0.2) is 31.5 Å². The Morgan fingerprint density at radius 1 is 0.967 bits per heavy atom. The van der Waals surface area contributed by atoms with Crippen molar-refractivity contribution < 1.29 is 13.2 Å². The molecule has 0 aliphatic rings. The Hall–Kier alpha value is -2.98. The summed E-state index contributed by atoms with van der Waals surface area (Å²) >= 11 is 3.29. The molecule has 156 valence electrons. The summed E-state index contributed by atoms with van der Waals surface area (Å²) in [4.78, 5) is 8.64. The number of benzene rings is 2. The van der Waals surface area contributed by atoms with Gasteiger partial charge in [0.15, 0.2) is 0 Å². The highest BCUT2D eigenvalue weighted by Crippen LogP contribution is 2.19. The SMILES string of the molecule is COc1ccc(N/C(=N/S(=O)(=O)c2ccc(Br)cc2)Nc2nc(C)cc(C)n2)cc1. The molecule has 8 nitrogen and oxygen atoms in total. The van der Waals surface area contributed by atoms with Crippen LogP contribution >= 0.6 is 15.9 Å². The number of hydrogen-bond acceptors (Lipinski definition) is 5. The number of anilines is 2. The van der Waals surface area contributed by atoms with Crippen molar-refractivity contribution in [3.8, 4) is 5.75 Å². The fourth-order valence-corrected chi connectivity index (χ4v) is 3.74. The number of aromatic nitrogens is 2. The maximum Gasteiger partial charge on any atom is 0.285 e. The van der Waals surface area contributed by atoms with Crippen LogP contribution in [0.3, 0.4) is 0 Å². The van der Waals surface area contributed by atoms with E-state index in [4.69, 9.17) is 4.74 Å². The highest BCUT2D eigenvalue weighted by molar-refractivity contribution is 9.10. The van der Waals surface area contributed by atoms with Gasteiger partial charge in [0.1, 0.15) is 5.75 Å². The number of aryl methyl sites for hydroxylation is 2. The van der Waals surface area contributed by atoms with Crippen molar-refractivity contribution in [2.24, 2.45) is 4.40 Å². The summed E-state index contributed by atoms with van der Waals surface area (Å²) in [5.74, 6) is 0.874. The molecule has 0 fully saturated rings. The molecular weight excluding hydrogens is 470 g/mol. The highest BCUT2D eigenvalue weighted by Gasteiger charge is 2.16. The first-order valence-electron chi connectivity index (χ1n) is 8.86. The summed E-state index contributed by atoms with van der Waals surface area (Å²) in [6.45, 7) is 3.65. The third kappa shape index (κ3) is 5.77. The van der Waals surface area contributed by atoms with Crippen molar-refractivity contribution in [2.45, 2.75) is 18.7 Å². The number of nitrogens with one attached hydrogen (secondary N) is 2. The number of hydrogen-bond donors (Lipinski definition) is 2. The monoisotopic (exact) mass is 489 g/mol. The topological polar surface area (TPSA) is 106 Å². The number of guanidine groups is 1. The molecule has 0 bridgehead atoms. The maximum absolute atomic E-state index is 12.8. The van der Waals surface area contributed by atoms with Gasteiger partial charge in [-0.15, -0.1) is 4.40 Å². The van der Waals surface area contributed by atoms with E-state index < -0.39 is 10.0 Å². The zero-order valence-electron chi connectivity index (χ0n) is 16.5. The number of sulfonamides is 1. The van der Waals surface area contributed by atoms with Crippen LogP contribution in [0.15, 0.2) is 68.4 Å². The van der Waals surface area contributed by atoms with E-state index in [9.17, 15) is 8.42 Å². The second-order valence-corrected chi connectivity index (χ2v) is 8.84. The van der Waals surface area contributed by atoms with Crippen molar-refractivity contribution in [3.05, 3.63) is 70.5 Å². The molecule has 0 radical (unpaired) electrons. The van der Waals surface area contributed by atoms with Gasteiger partial charge >= 0.3 is 0 Å². The van der Waals surface area contributed by atoms with E-state index in [-0.39, 0.29) is 16.8 Å². The zero-order chi connectivity index (χ0) is 21.7. The van der Waals surface area contributed by atoms with Crippen LogP contribution in [0.5, 0.6) is 5.75 Å². The van der Waals surface area contributed by atoms with Gasteiger partial charge in [0.25, 0.3) is 10.0 Å². The molecule has 1 aromatic heterocycles. The third-order valence-corrected chi connectivity index (χ3v) is 5.71. The van der Waals surface area contributed by atoms with Gasteiger partial charge in [-0.1, -0.05) is 15.9 Å². The first-order valence-corrected chi connectivity index (χ1v) is 11.1. The van der Waals surface area contributed by atoms with E-state index in [1.807, 2.05) is 19.9 Å². The summed E-state index contributed by atoms with van der Waals surface area (Å²) in [7, 11) is -2.42. The Bertz CT molecular complexity index is 1140. The zero-order valence-corrected chi connectivity index (χ0v) is 19.0. The largest absolute Gasteiger partial charge is 0.497 e. The van der Waals surface area contributed by atoms with Gasteiger partial charge in [0, 0.05) is 21.5 Å². The first-order chi connectivity index (χ1) is 14.2. The Balaban J connectivity index is 1.98. The number of rotatable bonds is 5. The van der Waals surface area contributed by atoms with Crippen molar-refractivity contribution >= 4 is 43.5 Å². The summed E-state index contributed by atoms with van der Waals surface area (Å²) in [6, 6.07) is 15.0. The molecule has 1 heterocycles. The maximum atomic E-state index is 12.8. The average molecular weight is 490 g/mol. The summed E-state index contributed by atoms with van der Waals surface area (Å²) in [5, 5.41) is 5.84. The van der Waals surface area contributed by atoms with Crippen molar-refractivity contribution in [1.82, 2.24) is 9.97 Å². The van der Waals surface area contributed by atoms with Gasteiger partial charge in [-0.3, -0.25) is 5.32 Å². The predicted molar refractivity (Wildman–Crippen MR) is 121 cm³/mol. The lowest BCUT2D eigenvalue weighted by molar-refractivity contribution is 0.415. The lowest BCUT2D eigenvalue weighted by Crippen LogP contribution is -2.25. The molecule has 0 atom stereocenters. The Morgan fingerprint density at radius 2 is 1.57 bits per heavy atom. The molecule has 3 rings (SSSR count). The Labute approximate surface area is 183 Å². The number of methoxy groups -OCH3 is 1. The molecule has 2 N–H and O–H groups in total. The molecule has 0 saturated carbocycles. The van der Waals surface area contributed by atoms with Crippen LogP contribution in [0.1, 0.15) is 11.4 Å². The van der Waals surface area contributed by atoms with Gasteiger partial charge in [-0.05, 0) is 68.4 Å². The van der Waals surface area contributed by atoms with Gasteiger partial charge in [0.2, 0.25) is 11.9 Å². The van der Waals surface area contributed by atoms with Crippen LogP contribution in [0.2, 0.25) is 0 Å². The predicted octanol–water partition coefficient (Wildman–Crippen LogP) is 4.13. The van der Waals surface area contributed by atoms with Crippen LogP contribution in [0.4, 0.5) is 11.6 Å². The average Bonchev–Trinajstić information content (AvgIpc) is 2.67. The number of nitrogens with zero attached hydrogens (tertiary/aromatic N) is 3. The minimum absolute atomic E-state index is 0.0342. The molecule has 0 spiro atoms. The molecule has 0 unspecified atom stereocenters. The molecule has 0 saturated heterocycles. The van der Waals surface area contributed by atoms with Gasteiger partial charge in [-0.2, -0.15) is 8.42 Å². The molecular formula is C20H20BrN5O3S. The molecule has 3 aromatic rings. The fourth-order valence-electron chi connectivity index (χ4n) is 2.56. The summed E-state index contributed by atoms with van der Waals surface area (Å²) < 4.78 is 35.5. The smallest absolute Gasteiger partial charge is 0.285 e. The lowest BCUT2D eigenvalue weighted by Gasteiger charge is -2.13. The van der Waals surface area contributed by atoms with Gasteiger partial charge < -0.3 is 10.1 Å². The molecule has 0 aliphatic carbocycles. The van der Waals surface area contributed by atoms with E-state index in [0.717, 1.165) is 15.9 Å². The molecule has 30 heavy (non-hydrogen) atoms. The standard InChI is InChI=1S/C20H20BrN5O3S/c1-13-12-14(2)23-19(22-13)25-20(24-16-6-8-17(29-3)9-7-16)26-30(27,28)18-10-4-15(21)5-11-18/h4-12H,1-3H3,(H2,22,23,24,25,26). The highest BCUT2D eigenvalue weighted by atomic mass is 79.9. The number of halogens is 1. The van der Waals surface area contributed by atoms with Crippen molar-refractivity contribution in [1.29, 1.82) is 0 Å². The quantitative estimate of drug-likeness (QED) is 0.409. The van der Waals surface area contributed by atoms with Gasteiger partial charge in [0.05, 0.1) is 12.0 Å². The minimum Gasteiger partial charge on any atom is -0.497 e. The van der Waals surface area contributed by atoms with E-state index in [1.165, 1.54) is 12.1 Å².